The topological polar surface area (TPSA) is 43.8 Å². The van der Waals surface area contributed by atoms with Gasteiger partial charge in [0.1, 0.15) is 0 Å². The number of nitrogens with zero attached hydrogens (tertiary/aromatic N) is 2. The minimum absolute atomic E-state index is 0.386. The third-order valence-electron chi connectivity index (χ3n) is 5.30. The van der Waals surface area contributed by atoms with Crippen LogP contribution in [0.15, 0.2) is 12.3 Å². The first-order valence-corrected chi connectivity index (χ1v) is 8.62. The number of hydrogen-bond donors (Lipinski definition) is 1. The summed E-state index contributed by atoms with van der Waals surface area (Å²) in [6, 6.07) is 3.27. The van der Waals surface area contributed by atoms with E-state index in [9.17, 15) is 0 Å². The molecule has 112 valence electrons. The number of rotatable bonds is 3. The van der Waals surface area contributed by atoms with E-state index in [0.717, 1.165) is 6.42 Å². The van der Waals surface area contributed by atoms with Crippen molar-refractivity contribution in [3.8, 4) is 0 Å². The maximum atomic E-state index is 6.34. The van der Waals surface area contributed by atoms with Gasteiger partial charge in [-0.05, 0) is 44.1 Å². The van der Waals surface area contributed by atoms with Crippen LogP contribution in [0, 0.1) is 5.92 Å². The van der Waals surface area contributed by atoms with Gasteiger partial charge in [-0.15, -0.1) is 0 Å². The van der Waals surface area contributed by atoms with Crippen LogP contribution >= 0.6 is 0 Å². The Bertz CT molecular complexity index is 406. The summed E-state index contributed by atoms with van der Waals surface area (Å²) in [5, 5.41) is 4.85. The van der Waals surface area contributed by atoms with Gasteiger partial charge in [0.2, 0.25) is 0 Å². The summed E-state index contributed by atoms with van der Waals surface area (Å²) in [7, 11) is 0. The number of nitrogens with two attached hydrogens (primary N) is 1. The van der Waals surface area contributed by atoms with Crippen LogP contribution in [-0.4, -0.2) is 15.8 Å². The summed E-state index contributed by atoms with van der Waals surface area (Å²) >= 11 is 0. The zero-order valence-electron chi connectivity index (χ0n) is 12.6. The quantitative estimate of drug-likeness (QED) is 0.852. The predicted octanol–water partition coefficient (Wildman–Crippen LogP) is 3.84. The Morgan fingerprint density at radius 3 is 2.50 bits per heavy atom. The van der Waals surface area contributed by atoms with Crippen molar-refractivity contribution in [3.05, 3.63) is 18.0 Å². The second-order valence-electron chi connectivity index (χ2n) is 6.84. The Balaban J connectivity index is 1.61. The van der Waals surface area contributed by atoms with Gasteiger partial charge in [-0.25, -0.2) is 0 Å². The molecule has 3 nitrogen and oxygen atoms in total. The molecule has 3 heteroatoms. The van der Waals surface area contributed by atoms with E-state index in [4.69, 9.17) is 10.8 Å². The van der Waals surface area contributed by atoms with Gasteiger partial charge in [0.25, 0.3) is 0 Å². The van der Waals surface area contributed by atoms with Crippen LogP contribution in [0.3, 0.4) is 0 Å². The van der Waals surface area contributed by atoms with E-state index < -0.39 is 0 Å². The van der Waals surface area contributed by atoms with Crippen molar-refractivity contribution in [3.63, 3.8) is 0 Å². The van der Waals surface area contributed by atoms with Crippen molar-refractivity contribution in [1.29, 1.82) is 0 Å². The molecular weight excluding hydrogens is 246 g/mol. The summed E-state index contributed by atoms with van der Waals surface area (Å²) in [5.41, 5.74) is 7.60. The monoisotopic (exact) mass is 275 g/mol. The molecule has 2 aliphatic carbocycles. The third kappa shape index (κ3) is 3.43. The molecule has 0 saturated heterocycles. The molecule has 20 heavy (non-hydrogen) atoms. The van der Waals surface area contributed by atoms with Crippen LogP contribution in [0.2, 0.25) is 0 Å². The van der Waals surface area contributed by atoms with Crippen molar-refractivity contribution < 1.29 is 0 Å². The standard InChI is InChI=1S/C17H29N3/c18-17-10-6-1-3-7-14(17)13-15-11-12-20(19-15)16-8-4-2-5-9-16/h11-12,14,16-17H,1-10,13,18H2. The smallest absolute Gasteiger partial charge is 0.0628 e. The van der Waals surface area contributed by atoms with E-state index in [-0.39, 0.29) is 0 Å². The van der Waals surface area contributed by atoms with E-state index in [1.807, 2.05) is 0 Å². The molecule has 2 fully saturated rings. The first kappa shape index (κ1) is 14.1. The molecule has 1 heterocycles. The van der Waals surface area contributed by atoms with E-state index in [1.165, 1.54) is 69.9 Å². The molecule has 1 aromatic heterocycles. The highest BCUT2D eigenvalue weighted by Gasteiger charge is 2.22. The minimum Gasteiger partial charge on any atom is -0.327 e. The lowest BCUT2D eigenvalue weighted by molar-refractivity contribution is 0.325. The molecule has 0 bridgehead atoms. The fourth-order valence-corrected chi connectivity index (χ4v) is 3.97. The fraction of sp³-hybridized carbons (Fsp3) is 0.824. The van der Waals surface area contributed by atoms with Gasteiger partial charge in [0.15, 0.2) is 0 Å². The van der Waals surface area contributed by atoms with E-state index in [1.54, 1.807) is 0 Å². The molecule has 1 aromatic rings. The zero-order valence-corrected chi connectivity index (χ0v) is 12.6. The highest BCUT2D eigenvalue weighted by Crippen LogP contribution is 2.29. The molecule has 2 saturated carbocycles. The van der Waals surface area contributed by atoms with Crippen LogP contribution < -0.4 is 5.73 Å². The normalized spacial score (nSPS) is 29.2. The summed E-state index contributed by atoms with van der Waals surface area (Å²) in [6.45, 7) is 0. The maximum absolute atomic E-state index is 6.34. The van der Waals surface area contributed by atoms with Gasteiger partial charge >= 0.3 is 0 Å². The van der Waals surface area contributed by atoms with Crippen LogP contribution in [0.5, 0.6) is 0 Å². The highest BCUT2D eigenvalue weighted by molar-refractivity contribution is 5.02. The largest absolute Gasteiger partial charge is 0.327 e. The van der Waals surface area contributed by atoms with Crippen LogP contribution in [0.1, 0.15) is 75.9 Å². The second kappa shape index (κ2) is 6.75. The average molecular weight is 275 g/mol. The number of aromatic nitrogens is 2. The van der Waals surface area contributed by atoms with Crippen molar-refractivity contribution in [1.82, 2.24) is 9.78 Å². The Morgan fingerprint density at radius 2 is 1.70 bits per heavy atom. The van der Waals surface area contributed by atoms with Gasteiger partial charge in [0, 0.05) is 12.2 Å². The highest BCUT2D eigenvalue weighted by atomic mass is 15.3. The van der Waals surface area contributed by atoms with Crippen molar-refractivity contribution in [2.24, 2.45) is 11.7 Å². The Labute approximate surface area is 122 Å². The van der Waals surface area contributed by atoms with Crippen molar-refractivity contribution in [2.75, 3.05) is 0 Å². The van der Waals surface area contributed by atoms with Gasteiger partial charge < -0.3 is 5.73 Å². The molecule has 0 aliphatic heterocycles. The first-order chi connectivity index (χ1) is 9.83. The molecule has 0 amide bonds. The molecule has 0 aromatic carbocycles. The lowest BCUT2D eigenvalue weighted by Crippen LogP contribution is -2.30. The van der Waals surface area contributed by atoms with Gasteiger partial charge in [0.05, 0.1) is 11.7 Å². The molecule has 0 spiro atoms. The lowest BCUT2D eigenvalue weighted by Gasteiger charge is -2.22. The summed E-state index contributed by atoms with van der Waals surface area (Å²) < 4.78 is 2.23. The third-order valence-corrected chi connectivity index (χ3v) is 5.30. The van der Waals surface area contributed by atoms with E-state index >= 15 is 0 Å². The van der Waals surface area contributed by atoms with Crippen LogP contribution in [0.25, 0.3) is 0 Å². The van der Waals surface area contributed by atoms with Gasteiger partial charge in [-0.1, -0.05) is 38.5 Å². The predicted molar refractivity (Wildman–Crippen MR) is 82.6 cm³/mol. The molecule has 0 radical (unpaired) electrons. The van der Waals surface area contributed by atoms with E-state index in [2.05, 4.69) is 16.9 Å². The Morgan fingerprint density at radius 1 is 1.00 bits per heavy atom. The summed E-state index contributed by atoms with van der Waals surface area (Å²) in [4.78, 5) is 0. The SMILES string of the molecule is NC1CCCCCC1Cc1ccn(C2CCCCC2)n1. The van der Waals surface area contributed by atoms with Crippen molar-refractivity contribution >= 4 is 0 Å². The van der Waals surface area contributed by atoms with E-state index in [0.29, 0.717) is 18.0 Å². The summed E-state index contributed by atoms with van der Waals surface area (Å²) in [5.74, 6) is 0.646. The van der Waals surface area contributed by atoms with Crippen LogP contribution in [-0.2, 0) is 6.42 Å². The van der Waals surface area contributed by atoms with Gasteiger partial charge in [-0.2, -0.15) is 5.10 Å². The van der Waals surface area contributed by atoms with Crippen LogP contribution in [0.4, 0.5) is 0 Å². The molecule has 2 unspecified atom stereocenters. The molecule has 2 aliphatic rings. The molecule has 2 atom stereocenters. The zero-order chi connectivity index (χ0) is 13.8. The molecular formula is C17H29N3. The Hall–Kier alpha value is -0.830. The fourth-order valence-electron chi connectivity index (χ4n) is 3.97. The average Bonchev–Trinajstić information content (AvgIpc) is 2.86. The molecule has 2 N–H and O–H groups in total. The Kier molecular flexibility index (Phi) is 4.77. The minimum atomic E-state index is 0.386. The van der Waals surface area contributed by atoms with Gasteiger partial charge in [-0.3, -0.25) is 4.68 Å². The maximum Gasteiger partial charge on any atom is 0.0628 e. The molecule has 3 rings (SSSR count). The summed E-state index contributed by atoms with van der Waals surface area (Å²) in [6.07, 6.45) is 16.6. The lowest BCUT2D eigenvalue weighted by atomic mass is 9.91. The number of hydrogen-bond acceptors (Lipinski definition) is 2. The van der Waals surface area contributed by atoms with Crippen molar-refractivity contribution in [2.45, 2.75) is 82.7 Å². The second-order valence-corrected chi connectivity index (χ2v) is 6.84. The first-order valence-electron chi connectivity index (χ1n) is 8.62.